The molecular weight excluding hydrogens is 390 g/mol. The second kappa shape index (κ2) is 9.97. The molecule has 1 saturated heterocycles. The molecule has 7 nitrogen and oxygen atoms in total. The zero-order valence-electron chi connectivity index (χ0n) is 16.2. The van der Waals surface area contributed by atoms with Crippen LogP contribution < -0.4 is 5.32 Å². The molecule has 0 aliphatic carbocycles. The van der Waals surface area contributed by atoms with Crippen molar-refractivity contribution in [1.29, 1.82) is 0 Å². The van der Waals surface area contributed by atoms with Crippen molar-refractivity contribution in [3.8, 4) is 0 Å². The van der Waals surface area contributed by atoms with Crippen LogP contribution in [0.2, 0.25) is 0 Å². The van der Waals surface area contributed by atoms with E-state index in [-0.39, 0.29) is 30.1 Å². The summed E-state index contributed by atoms with van der Waals surface area (Å²) in [6.07, 6.45) is 4.59. The Hall–Kier alpha value is -3.00. The average molecular weight is 413 g/mol. The number of thiazole rings is 1. The topological polar surface area (TPSA) is 88.6 Å². The van der Waals surface area contributed by atoms with Gasteiger partial charge in [0.25, 0.3) is 0 Å². The Balaban J connectivity index is 1.47. The molecule has 1 aliphatic rings. The molecule has 2 aromatic rings. The smallest absolute Gasteiger partial charge is 0.308 e. The number of likely N-dealkylation sites (tertiary alicyclic amines) is 1. The Morgan fingerprint density at radius 3 is 2.66 bits per heavy atom. The molecule has 0 bridgehead atoms. The predicted molar refractivity (Wildman–Crippen MR) is 111 cm³/mol. The highest BCUT2D eigenvalue weighted by Crippen LogP contribution is 2.21. The average Bonchev–Trinajstić information content (AvgIpc) is 3.19. The van der Waals surface area contributed by atoms with Crippen LogP contribution in [0.3, 0.4) is 0 Å². The van der Waals surface area contributed by atoms with Gasteiger partial charge in [0, 0.05) is 24.5 Å². The van der Waals surface area contributed by atoms with Gasteiger partial charge in [-0.2, -0.15) is 0 Å². The maximum atomic E-state index is 12.5. The highest BCUT2D eigenvalue weighted by atomic mass is 32.1. The molecule has 1 aliphatic heterocycles. The third-order valence-corrected chi connectivity index (χ3v) is 5.53. The number of nitrogens with zero attached hydrogens (tertiary/aromatic N) is 2. The van der Waals surface area contributed by atoms with Crippen molar-refractivity contribution < 1.29 is 19.1 Å². The van der Waals surface area contributed by atoms with E-state index in [1.54, 1.807) is 16.4 Å². The summed E-state index contributed by atoms with van der Waals surface area (Å²) in [6.45, 7) is 1.08. The fourth-order valence-electron chi connectivity index (χ4n) is 3.13. The van der Waals surface area contributed by atoms with Crippen LogP contribution in [0.25, 0.3) is 6.08 Å². The molecule has 0 radical (unpaired) electrons. The molecule has 2 heterocycles. The van der Waals surface area contributed by atoms with Crippen LogP contribution in [0.5, 0.6) is 0 Å². The van der Waals surface area contributed by atoms with Gasteiger partial charge in [-0.25, -0.2) is 4.98 Å². The van der Waals surface area contributed by atoms with Crippen LogP contribution in [0.1, 0.15) is 24.1 Å². The molecule has 0 unspecified atom stereocenters. The summed E-state index contributed by atoms with van der Waals surface area (Å²) in [4.78, 5) is 42.2. The number of aromatic nitrogens is 1. The fraction of sp³-hybridized carbons (Fsp3) is 0.333. The number of carbonyl (C=O) groups is 3. The lowest BCUT2D eigenvalue weighted by Gasteiger charge is -2.30. The number of benzene rings is 1. The number of piperidine rings is 1. The molecule has 29 heavy (non-hydrogen) atoms. The summed E-state index contributed by atoms with van der Waals surface area (Å²) in [6, 6.07) is 9.53. The van der Waals surface area contributed by atoms with Gasteiger partial charge in [0.05, 0.1) is 25.1 Å². The molecule has 1 aromatic carbocycles. The van der Waals surface area contributed by atoms with Crippen molar-refractivity contribution in [3.63, 3.8) is 0 Å². The van der Waals surface area contributed by atoms with E-state index in [9.17, 15) is 14.4 Å². The standard InChI is InChI=1S/C21H23N3O4S/c1-28-20(27)16-9-11-24(12-10-16)19(26)13-17-14-29-21(22-17)23-18(25)8-7-15-5-3-2-4-6-15/h2-8,14,16H,9-13H2,1H3,(H,22,23,25)/b8-7+. The molecule has 0 saturated carbocycles. The van der Waals surface area contributed by atoms with Crippen LogP contribution in [0.15, 0.2) is 41.8 Å². The van der Waals surface area contributed by atoms with Crippen LogP contribution in [0.4, 0.5) is 5.13 Å². The monoisotopic (exact) mass is 413 g/mol. The molecule has 8 heteroatoms. The summed E-state index contributed by atoms with van der Waals surface area (Å²) >= 11 is 1.29. The maximum absolute atomic E-state index is 12.5. The Morgan fingerprint density at radius 1 is 1.24 bits per heavy atom. The molecular formula is C21H23N3O4S. The third kappa shape index (κ3) is 5.99. The first kappa shape index (κ1) is 20.7. The van der Waals surface area contributed by atoms with Gasteiger partial charge in [0.1, 0.15) is 0 Å². The van der Waals surface area contributed by atoms with Gasteiger partial charge in [0.2, 0.25) is 11.8 Å². The van der Waals surface area contributed by atoms with Crippen molar-refractivity contribution in [1.82, 2.24) is 9.88 Å². The minimum absolute atomic E-state index is 0.0273. The molecule has 2 amide bonds. The number of carbonyl (C=O) groups excluding carboxylic acids is 3. The predicted octanol–water partition coefficient (Wildman–Crippen LogP) is 2.75. The quantitative estimate of drug-likeness (QED) is 0.581. The van der Waals surface area contributed by atoms with Gasteiger partial charge < -0.3 is 9.64 Å². The van der Waals surface area contributed by atoms with Crippen LogP contribution >= 0.6 is 11.3 Å². The molecule has 1 N–H and O–H groups in total. The number of amides is 2. The first-order chi connectivity index (χ1) is 14.0. The number of ether oxygens (including phenoxy) is 1. The van der Waals surface area contributed by atoms with E-state index in [0.717, 1.165) is 5.56 Å². The Labute approximate surface area is 173 Å². The van der Waals surface area contributed by atoms with Crippen LogP contribution in [-0.2, 0) is 25.5 Å². The van der Waals surface area contributed by atoms with Gasteiger partial charge in [-0.3, -0.25) is 19.7 Å². The lowest BCUT2D eigenvalue weighted by Crippen LogP contribution is -2.41. The van der Waals surface area contributed by atoms with E-state index in [1.165, 1.54) is 24.5 Å². The second-order valence-corrected chi connectivity index (χ2v) is 7.59. The number of hydrogen-bond donors (Lipinski definition) is 1. The van der Waals surface area contributed by atoms with E-state index in [1.807, 2.05) is 30.3 Å². The second-order valence-electron chi connectivity index (χ2n) is 6.73. The summed E-state index contributed by atoms with van der Waals surface area (Å²) in [5.41, 5.74) is 1.56. The third-order valence-electron chi connectivity index (χ3n) is 4.72. The molecule has 1 aromatic heterocycles. The zero-order chi connectivity index (χ0) is 20.6. The number of hydrogen-bond acceptors (Lipinski definition) is 6. The van der Waals surface area contributed by atoms with E-state index >= 15 is 0 Å². The van der Waals surface area contributed by atoms with Crippen LogP contribution in [-0.4, -0.2) is 47.9 Å². The molecule has 1 fully saturated rings. The summed E-state index contributed by atoms with van der Waals surface area (Å²) in [7, 11) is 1.38. The number of rotatable bonds is 6. The van der Waals surface area contributed by atoms with E-state index < -0.39 is 0 Å². The fourth-order valence-corrected chi connectivity index (χ4v) is 3.84. The van der Waals surface area contributed by atoms with Crippen molar-refractivity contribution >= 4 is 40.3 Å². The van der Waals surface area contributed by atoms with Gasteiger partial charge in [-0.15, -0.1) is 11.3 Å². The highest BCUT2D eigenvalue weighted by molar-refractivity contribution is 7.14. The molecule has 0 atom stereocenters. The summed E-state index contributed by atoms with van der Waals surface area (Å²) in [5, 5.41) is 4.95. The minimum atomic E-state index is -0.272. The first-order valence-electron chi connectivity index (χ1n) is 9.39. The Morgan fingerprint density at radius 2 is 1.97 bits per heavy atom. The number of esters is 1. The zero-order valence-corrected chi connectivity index (χ0v) is 17.0. The maximum Gasteiger partial charge on any atom is 0.308 e. The van der Waals surface area contributed by atoms with Crippen LogP contribution in [0, 0.1) is 5.92 Å². The van der Waals surface area contributed by atoms with Gasteiger partial charge in [0.15, 0.2) is 5.13 Å². The summed E-state index contributed by atoms with van der Waals surface area (Å²) in [5.74, 6) is -0.640. The van der Waals surface area contributed by atoms with Crippen molar-refractivity contribution in [2.75, 3.05) is 25.5 Å². The van der Waals surface area contributed by atoms with Gasteiger partial charge >= 0.3 is 5.97 Å². The lowest BCUT2D eigenvalue weighted by molar-refractivity contribution is -0.148. The lowest BCUT2D eigenvalue weighted by atomic mass is 9.97. The van der Waals surface area contributed by atoms with Crippen molar-refractivity contribution in [3.05, 3.63) is 53.0 Å². The number of methoxy groups -OCH3 is 1. The van der Waals surface area contributed by atoms with Gasteiger partial charge in [-0.1, -0.05) is 30.3 Å². The van der Waals surface area contributed by atoms with E-state index in [4.69, 9.17) is 4.74 Å². The largest absolute Gasteiger partial charge is 0.469 e. The molecule has 152 valence electrons. The SMILES string of the molecule is COC(=O)C1CCN(C(=O)Cc2csc(NC(=O)/C=C/c3ccccc3)n2)CC1. The number of anilines is 1. The van der Waals surface area contributed by atoms with Crippen molar-refractivity contribution in [2.45, 2.75) is 19.3 Å². The first-order valence-corrected chi connectivity index (χ1v) is 10.3. The molecule has 0 spiro atoms. The Bertz CT molecular complexity index is 886. The summed E-state index contributed by atoms with van der Waals surface area (Å²) < 4.78 is 4.77. The highest BCUT2D eigenvalue weighted by Gasteiger charge is 2.28. The van der Waals surface area contributed by atoms with E-state index in [0.29, 0.717) is 36.8 Å². The normalized spacial score (nSPS) is 14.7. The Kier molecular flexibility index (Phi) is 7.13. The van der Waals surface area contributed by atoms with Gasteiger partial charge in [-0.05, 0) is 24.5 Å². The number of nitrogens with one attached hydrogen (secondary N) is 1. The van der Waals surface area contributed by atoms with E-state index in [2.05, 4.69) is 10.3 Å². The van der Waals surface area contributed by atoms with Crippen molar-refractivity contribution in [2.24, 2.45) is 5.92 Å². The molecule has 3 rings (SSSR count). The minimum Gasteiger partial charge on any atom is -0.469 e.